The Kier molecular flexibility index (Phi) is 4.78. The number of benzene rings is 1. The van der Waals surface area contributed by atoms with Crippen molar-refractivity contribution in [2.75, 3.05) is 11.8 Å². The summed E-state index contributed by atoms with van der Waals surface area (Å²) in [5.41, 5.74) is -0.781. The summed E-state index contributed by atoms with van der Waals surface area (Å²) in [6.07, 6.45) is -2.76. The van der Waals surface area contributed by atoms with Crippen LogP contribution in [0.3, 0.4) is 0 Å². The molecule has 0 atom stereocenters. The molecule has 1 heterocycles. The van der Waals surface area contributed by atoms with E-state index in [-0.39, 0.29) is 22.6 Å². The Balaban J connectivity index is 1.98. The largest absolute Gasteiger partial charge is 0.497 e. The Morgan fingerprint density at radius 2 is 1.73 bits per heavy atom. The van der Waals surface area contributed by atoms with Gasteiger partial charge in [-0.3, -0.25) is 0 Å². The van der Waals surface area contributed by atoms with Crippen LogP contribution in [0.4, 0.5) is 19.1 Å². The maximum absolute atomic E-state index is 13.3. The number of anilines is 1. The number of aromatic nitrogens is 2. The number of hydrogen-bond donors (Lipinski definition) is 1. The molecule has 0 spiro atoms. The molecule has 6 nitrogen and oxygen atoms in total. The van der Waals surface area contributed by atoms with Gasteiger partial charge in [0.1, 0.15) is 5.75 Å². The van der Waals surface area contributed by atoms with Crippen LogP contribution >= 0.6 is 0 Å². The van der Waals surface area contributed by atoms with E-state index in [2.05, 4.69) is 9.97 Å². The van der Waals surface area contributed by atoms with Crippen molar-refractivity contribution in [2.24, 2.45) is 0 Å². The lowest BCUT2D eigenvalue weighted by Gasteiger charge is -2.20. The highest BCUT2D eigenvalue weighted by Gasteiger charge is 2.38. The molecule has 1 aromatic carbocycles. The molecule has 10 heteroatoms. The zero-order chi connectivity index (χ0) is 18.9. The lowest BCUT2D eigenvalue weighted by atomic mass is 9.94. The highest BCUT2D eigenvalue weighted by Crippen LogP contribution is 2.35. The highest BCUT2D eigenvalue weighted by atomic mass is 32.2. The molecular weight excluding hydrogens is 371 g/mol. The molecule has 0 amide bonds. The molecule has 0 fully saturated rings. The molecule has 140 valence electrons. The summed E-state index contributed by atoms with van der Waals surface area (Å²) in [5, 5.41) is 0. The Morgan fingerprint density at radius 3 is 2.35 bits per heavy atom. The van der Waals surface area contributed by atoms with Crippen molar-refractivity contribution in [3.8, 4) is 5.75 Å². The standard InChI is InChI=1S/C16H16F3N3O3S/c1-25-10-6-8-11(9-7-10)26(23,24)22-15-20-13-5-3-2-4-12(13)14(21-15)16(17,18)19/h6-9H,2-5H2,1H3,(H,20,21,22). The third-order valence-corrected chi connectivity index (χ3v) is 5.39. The fourth-order valence-corrected chi connectivity index (χ4v) is 3.75. The molecule has 2 aromatic rings. The van der Waals surface area contributed by atoms with Crippen LogP contribution in [0.15, 0.2) is 29.2 Å². The third kappa shape index (κ3) is 3.74. The Morgan fingerprint density at radius 1 is 1.08 bits per heavy atom. The fourth-order valence-electron chi connectivity index (χ4n) is 2.81. The van der Waals surface area contributed by atoms with E-state index in [9.17, 15) is 21.6 Å². The summed E-state index contributed by atoms with van der Waals surface area (Å²) in [7, 11) is -2.69. The second-order valence-corrected chi connectivity index (χ2v) is 7.49. The predicted octanol–water partition coefficient (Wildman–Crippen LogP) is 3.18. The topological polar surface area (TPSA) is 81.2 Å². The van der Waals surface area contributed by atoms with Crippen molar-refractivity contribution >= 4 is 16.0 Å². The molecule has 1 aliphatic carbocycles. The lowest BCUT2D eigenvalue weighted by molar-refractivity contribution is -0.142. The van der Waals surface area contributed by atoms with Crippen LogP contribution in [0, 0.1) is 0 Å². The summed E-state index contributed by atoms with van der Waals surface area (Å²) in [6, 6.07) is 5.43. The van der Waals surface area contributed by atoms with Crippen molar-refractivity contribution in [3.63, 3.8) is 0 Å². The van der Waals surface area contributed by atoms with E-state index >= 15 is 0 Å². The van der Waals surface area contributed by atoms with Crippen LogP contribution < -0.4 is 9.46 Å². The molecule has 1 N–H and O–H groups in total. The summed E-state index contributed by atoms with van der Waals surface area (Å²) in [6.45, 7) is 0. The number of nitrogens with one attached hydrogen (secondary N) is 1. The quantitative estimate of drug-likeness (QED) is 0.872. The zero-order valence-electron chi connectivity index (χ0n) is 13.8. The smallest absolute Gasteiger partial charge is 0.433 e. The van der Waals surface area contributed by atoms with Gasteiger partial charge in [0.25, 0.3) is 10.0 Å². The second-order valence-electron chi connectivity index (χ2n) is 5.81. The van der Waals surface area contributed by atoms with Gasteiger partial charge in [0.15, 0.2) is 5.69 Å². The minimum atomic E-state index is -4.68. The van der Waals surface area contributed by atoms with Crippen LogP contribution in [0.2, 0.25) is 0 Å². The van der Waals surface area contributed by atoms with Gasteiger partial charge in [-0.25, -0.2) is 23.1 Å². The van der Waals surface area contributed by atoms with Gasteiger partial charge in [-0.05, 0) is 49.9 Å². The van der Waals surface area contributed by atoms with Gasteiger partial charge < -0.3 is 4.74 Å². The first-order valence-electron chi connectivity index (χ1n) is 7.84. The van der Waals surface area contributed by atoms with Crippen molar-refractivity contribution in [3.05, 3.63) is 41.2 Å². The number of hydrogen-bond acceptors (Lipinski definition) is 5. The maximum atomic E-state index is 13.3. The van der Waals surface area contributed by atoms with Crippen molar-refractivity contribution in [2.45, 2.75) is 36.8 Å². The van der Waals surface area contributed by atoms with Crippen molar-refractivity contribution < 1.29 is 26.3 Å². The minimum Gasteiger partial charge on any atom is -0.497 e. The molecule has 0 unspecified atom stereocenters. The van der Waals surface area contributed by atoms with Gasteiger partial charge in [0, 0.05) is 11.3 Å². The monoisotopic (exact) mass is 387 g/mol. The second kappa shape index (κ2) is 6.75. The Hall–Kier alpha value is -2.36. The minimum absolute atomic E-state index is 0.0520. The molecule has 1 aliphatic rings. The van der Waals surface area contributed by atoms with E-state index < -0.39 is 27.8 Å². The summed E-state index contributed by atoms with van der Waals surface area (Å²) >= 11 is 0. The van der Waals surface area contributed by atoms with Gasteiger partial charge in [0.05, 0.1) is 12.0 Å². The van der Waals surface area contributed by atoms with Crippen LogP contribution in [0.5, 0.6) is 5.75 Å². The van der Waals surface area contributed by atoms with Crippen molar-refractivity contribution in [1.29, 1.82) is 0 Å². The molecule has 0 saturated carbocycles. The highest BCUT2D eigenvalue weighted by molar-refractivity contribution is 7.92. The van der Waals surface area contributed by atoms with E-state index in [0.29, 0.717) is 25.0 Å². The average Bonchev–Trinajstić information content (AvgIpc) is 2.60. The van der Waals surface area contributed by atoms with Gasteiger partial charge in [-0.2, -0.15) is 13.2 Å². The molecule has 0 bridgehead atoms. The Labute approximate surface area is 148 Å². The van der Waals surface area contributed by atoms with Gasteiger partial charge in [0.2, 0.25) is 5.95 Å². The third-order valence-electron chi connectivity index (χ3n) is 4.05. The van der Waals surface area contributed by atoms with Crippen molar-refractivity contribution in [1.82, 2.24) is 9.97 Å². The zero-order valence-corrected chi connectivity index (χ0v) is 14.6. The number of fused-ring (bicyclic) bond motifs is 1. The van der Waals surface area contributed by atoms with E-state index in [4.69, 9.17) is 4.74 Å². The number of alkyl halides is 3. The molecule has 0 radical (unpaired) electrons. The summed E-state index contributed by atoms with van der Waals surface area (Å²) in [5.74, 6) is -0.123. The maximum Gasteiger partial charge on any atom is 0.433 e. The van der Waals surface area contributed by atoms with Crippen LogP contribution in [-0.4, -0.2) is 25.5 Å². The molecule has 26 heavy (non-hydrogen) atoms. The van der Waals surface area contributed by atoms with Crippen LogP contribution in [0.25, 0.3) is 0 Å². The van der Waals surface area contributed by atoms with E-state index in [1.807, 2.05) is 4.72 Å². The fraction of sp³-hybridized carbons (Fsp3) is 0.375. The van der Waals surface area contributed by atoms with E-state index in [1.54, 1.807) is 0 Å². The first-order chi connectivity index (χ1) is 12.2. The first kappa shape index (κ1) is 18.4. The molecule has 0 aliphatic heterocycles. The lowest BCUT2D eigenvalue weighted by Crippen LogP contribution is -2.22. The number of halogens is 3. The molecule has 3 rings (SSSR count). The van der Waals surface area contributed by atoms with Crippen LogP contribution in [-0.2, 0) is 29.0 Å². The number of nitrogens with zero attached hydrogens (tertiary/aromatic N) is 2. The van der Waals surface area contributed by atoms with Crippen LogP contribution in [0.1, 0.15) is 29.8 Å². The molecule has 0 saturated heterocycles. The summed E-state index contributed by atoms with van der Waals surface area (Å²) < 4.78 is 71.8. The summed E-state index contributed by atoms with van der Waals surface area (Å²) in [4.78, 5) is 7.33. The SMILES string of the molecule is COc1ccc(S(=O)(=O)Nc2nc3c(c(C(F)(F)F)n2)CCCC3)cc1. The normalized spacial score (nSPS) is 14.6. The molecule has 1 aromatic heterocycles. The number of ether oxygens (including phenoxy) is 1. The van der Waals surface area contributed by atoms with E-state index in [0.717, 1.165) is 0 Å². The average molecular weight is 387 g/mol. The van der Waals surface area contributed by atoms with E-state index in [1.165, 1.54) is 31.4 Å². The number of rotatable bonds is 4. The molecular formula is C16H16F3N3O3S. The van der Waals surface area contributed by atoms with Gasteiger partial charge in [-0.1, -0.05) is 0 Å². The predicted molar refractivity (Wildman–Crippen MR) is 87.5 cm³/mol. The number of methoxy groups -OCH3 is 1. The van der Waals surface area contributed by atoms with Gasteiger partial charge >= 0.3 is 6.18 Å². The van der Waals surface area contributed by atoms with Gasteiger partial charge in [-0.15, -0.1) is 0 Å². The number of aryl methyl sites for hydroxylation is 1. The Bertz CT molecular complexity index is 913. The first-order valence-corrected chi connectivity index (χ1v) is 9.33. The number of sulfonamides is 1.